The Morgan fingerprint density at radius 3 is 1.92 bits per heavy atom. The van der Waals surface area contributed by atoms with Crippen LogP contribution in [0.25, 0.3) is 0 Å². The van der Waals surface area contributed by atoms with Crippen LogP contribution in [0.15, 0.2) is 0 Å². The maximum absolute atomic E-state index is 12.1. The molecule has 0 fully saturated rings. The fourth-order valence-electron chi connectivity index (χ4n) is 0.438. The largest absolute Gasteiger partial charge is 0.428 e. The fraction of sp³-hybridized carbons (Fsp3) is 1.00. The molecule has 0 amide bonds. The lowest BCUT2D eigenvalue weighted by Crippen LogP contribution is -2.43. The first kappa shape index (κ1) is 12.8. The van der Waals surface area contributed by atoms with E-state index < -0.39 is 30.9 Å². The maximum Gasteiger partial charge on any atom is 0.428 e. The lowest BCUT2D eigenvalue weighted by molar-refractivity contribution is -0.333. The zero-order valence-electron chi connectivity index (χ0n) is 6.05. The molecule has 0 spiro atoms. The highest BCUT2D eigenvalue weighted by atomic mass is 35.5. The quantitative estimate of drug-likeness (QED) is 0.533. The molecule has 0 aliphatic heterocycles. The number of hydrogen-bond donors (Lipinski definition) is 0. The highest BCUT2D eigenvalue weighted by Gasteiger charge is 2.58. The monoisotopic (exact) mass is 230 g/mol. The number of hydrogen-bond acceptors (Lipinski definition) is 1. The van der Waals surface area contributed by atoms with Crippen LogP contribution in [0.2, 0.25) is 0 Å². The molecule has 0 saturated heterocycles. The van der Waals surface area contributed by atoms with Gasteiger partial charge in [-0.15, -0.1) is 11.6 Å². The minimum atomic E-state index is -5.64. The molecule has 0 aromatic carbocycles. The van der Waals surface area contributed by atoms with E-state index in [4.69, 9.17) is 11.6 Å². The molecule has 0 heterocycles. The molecule has 0 aromatic rings. The second-order valence-corrected chi connectivity index (χ2v) is 2.38. The van der Waals surface area contributed by atoms with E-state index in [0.717, 1.165) is 0 Å². The van der Waals surface area contributed by atoms with E-state index in [2.05, 4.69) is 4.74 Å². The summed E-state index contributed by atoms with van der Waals surface area (Å²) in [6, 6.07) is 0. The molecular weight excluding hydrogens is 225 g/mol. The van der Waals surface area contributed by atoms with E-state index in [9.17, 15) is 26.3 Å². The molecule has 0 saturated carbocycles. The summed E-state index contributed by atoms with van der Waals surface area (Å²) >= 11 is 4.86. The van der Waals surface area contributed by atoms with Crippen molar-refractivity contribution in [3.63, 3.8) is 0 Å². The van der Waals surface area contributed by atoms with Gasteiger partial charge in [0.05, 0.1) is 6.61 Å². The van der Waals surface area contributed by atoms with E-state index in [0.29, 0.717) is 0 Å². The average molecular weight is 231 g/mol. The minimum absolute atomic E-state index is 0.444. The van der Waals surface area contributed by atoms with Crippen molar-refractivity contribution < 1.29 is 31.1 Å². The zero-order chi connectivity index (χ0) is 10.7. The van der Waals surface area contributed by atoms with Crippen molar-refractivity contribution in [2.75, 3.05) is 12.5 Å². The molecule has 8 heteroatoms. The average Bonchev–Trinajstić information content (AvgIpc) is 1.98. The minimum Gasteiger partial charge on any atom is -0.317 e. The second kappa shape index (κ2) is 4.36. The molecule has 1 nitrogen and oxygen atoms in total. The van der Waals surface area contributed by atoms with Crippen molar-refractivity contribution in [1.82, 2.24) is 0 Å². The Hall–Kier alpha value is -0.170. The van der Waals surface area contributed by atoms with Crippen LogP contribution in [-0.2, 0) is 4.74 Å². The first-order chi connectivity index (χ1) is 5.72. The Balaban J connectivity index is 4.27. The first-order valence-electron chi connectivity index (χ1n) is 3.00. The summed E-state index contributed by atoms with van der Waals surface area (Å²) < 4.78 is 73.7. The van der Waals surface area contributed by atoms with Crippen molar-refractivity contribution >= 4 is 11.6 Å². The zero-order valence-corrected chi connectivity index (χ0v) is 6.80. The molecule has 80 valence electrons. The highest BCUT2D eigenvalue weighted by molar-refractivity contribution is 6.17. The van der Waals surface area contributed by atoms with Gasteiger partial charge in [0.2, 0.25) is 0 Å². The van der Waals surface area contributed by atoms with Gasteiger partial charge in [-0.25, -0.2) is 4.39 Å². The summed E-state index contributed by atoms with van der Waals surface area (Å²) in [5.74, 6) is -0.444. The Morgan fingerprint density at radius 2 is 1.62 bits per heavy atom. The van der Waals surface area contributed by atoms with E-state index in [1.165, 1.54) is 0 Å². The molecule has 0 radical (unpaired) electrons. The molecule has 1 atom stereocenters. The van der Waals surface area contributed by atoms with Crippen molar-refractivity contribution in [2.45, 2.75) is 18.5 Å². The summed E-state index contributed by atoms with van der Waals surface area (Å²) in [6.45, 7) is -0.856. The third kappa shape index (κ3) is 4.04. The van der Waals surface area contributed by atoms with Crippen molar-refractivity contribution in [3.8, 4) is 0 Å². The molecule has 0 aliphatic carbocycles. The number of rotatable bonds is 4. The molecule has 0 N–H and O–H groups in total. The molecule has 0 aliphatic rings. The van der Waals surface area contributed by atoms with E-state index in [1.54, 1.807) is 0 Å². The second-order valence-electron chi connectivity index (χ2n) is 2.00. The predicted molar refractivity (Wildman–Crippen MR) is 32.6 cm³/mol. The highest BCUT2D eigenvalue weighted by Crippen LogP contribution is 2.35. The smallest absolute Gasteiger partial charge is 0.317 e. The van der Waals surface area contributed by atoms with Gasteiger partial charge in [-0.1, -0.05) is 0 Å². The SMILES string of the molecule is FC(C(F)(F)F)C(F)(F)OCCCl. The molecule has 0 bridgehead atoms. The molecule has 13 heavy (non-hydrogen) atoms. The van der Waals surface area contributed by atoms with Gasteiger partial charge in [-0.2, -0.15) is 22.0 Å². The molecule has 1 unspecified atom stereocenters. The van der Waals surface area contributed by atoms with Crippen LogP contribution in [0.5, 0.6) is 0 Å². The van der Waals surface area contributed by atoms with E-state index in [-0.39, 0.29) is 0 Å². The Kier molecular flexibility index (Phi) is 4.31. The summed E-state index contributed by atoms with van der Waals surface area (Å²) in [6.07, 6.45) is -14.9. The maximum atomic E-state index is 12.1. The topological polar surface area (TPSA) is 9.23 Å². The van der Waals surface area contributed by atoms with Gasteiger partial charge in [-0.3, -0.25) is 0 Å². The Labute approximate surface area is 74.6 Å². The van der Waals surface area contributed by atoms with E-state index >= 15 is 0 Å². The normalized spacial score (nSPS) is 15.9. The van der Waals surface area contributed by atoms with E-state index in [1.807, 2.05) is 0 Å². The van der Waals surface area contributed by atoms with Crippen LogP contribution in [0.4, 0.5) is 26.3 Å². The lowest BCUT2D eigenvalue weighted by atomic mass is 10.3. The first-order valence-corrected chi connectivity index (χ1v) is 3.54. The van der Waals surface area contributed by atoms with Crippen LogP contribution >= 0.6 is 11.6 Å². The molecule has 0 aromatic heterocycles. The Morgan fingerprint density at radius 1 is 1.15 bits per heavy atom. The lowest BCUT2D eigenvalue weighted by Gasteiger charge is -2.21. The summed E-state index contributed by atoms with van der Waals surface area (Å²) in [5, 5.41) is 0. The van der Waals surface area contributed by atoms with Gasteiger partial charge < -0.3 is 4.74 Å². The van der Waals surface area contributed by atoms with Crippen molar-refractivity contribution in [1.29, 1.82) is 0 Å². The van der Waals surface area contributed by atoms with Crippen LogP contribution in [0.3, 0.4) is 0 Å². The standard InChI is InChI=1S/C5H5ClF6O/c6-1-2-13-5(11,12)3(7)4(8,9)10/h3H,1-2H2. The Bertz CT molecular complexity index is 158. The molecular formula is C5H5ClF6O. The van der Waals surface area contributed by atoms with Crippen LogP contribution in [0.1, 0.15) is 0 Å². The van der Waals surface area contributed by atoms with Gasteiger partial charge in [0.25, 0.3) is 6.17 Å². The third-order valence-corrected chi connectivity index (χ3v) is 1.11. The fourth-order valence-corrected chi connectivity index (χ4v) is 0.516. The summed E-state index contributed by atoms with van der Waals surface area (Å²) in [7, 11) is 0. The van der Waals surface area contributed by atoms with Gasteiger partial charge in [0, 0.05) is 5.88 Å². The molecule has 0 rings (SSSR count). The van der Waals surface area contributed by atoms with Crippen LogP contribution in [-0.4, -0.2) is 30.9 Å². The van der Waals surface area contributed by atoms with Gasteiger partial charge in [-0.05, 0) is 0 Å². The van der Waals surface area contributed by atoms with Gasteiger partial charge in [0.1, 0.15) is 0 Å². The van der Waals surface area contributed by atoms with Crippen molar-refractivity contribution in [3.05, 3.63) is 0 Å². The van der Waals surface area contributed by atoms with Crippen LogP contribution < -0.4 is 0 Å². The predicted octanol–water partition coefficient (Wildman–Crippen LogP) is 2.74. The number of ether oxygens (including phenoxy) is 1. The summed E-state index contributed by atoms with van der Waals surface area (Å²) in [4.78, 5) is 0. The van der Waals surface area contributed by atoms with Gasteiger partial charge in [0.15, 0.2) is 0 Å². The number of alkyl halides is 7. The summed E-state index contributed by atoms with van der Waals surface area (Å²) in [5.41, 5.74) is 0. The number of halogens is 7. The van der Waals surface area contributed by atoms with Crippen molar-refractivity contribution in [2.24, 2.45) is 0 Å². The van der Waals surface area contributed by atoms with Gasteiger partial charge >= 0.3 is 12.3 Å². The van der Waals surface area contributed by atoms with Crippen LogP contribution in [0, 0.1) is 0 Å². The third-order valence-electron chi connectivity index (χ3n) is 0.954.